The Morgan fingerprint density at radius 1 is 1.07 bits per heavy atom. The largest absolute Gasteiger partial charge is 0.369 e. The summed E-state index contributed by atoms with van der Waals surface area (Å²) in [6, 6.07) is 16.5. The number of hydrogen-bond acceptors (Lipinski definition) is 5. The third-order valence-corrected chi connectivity index (χ3v) is 6.73. The third-order valence-electron chi connectivity index (χ3n) is 5.57. The number of thiazole rings is 1. The number of anilines is 2. The maximum absolute atomic E-state index is 12.9. The van der Waals surface area contributed by atoms with Gasteiger partial charge in [0.15, 0.2) is 0 Å². The highest BCUT2D eigenvalue weighted by Crippen LogP contribution is 2.26. The Labute approximate surface area is 182 Å². The minimum Gasteiger partial charge on any atom is -0.369 e. The van der Waals surface area contributed by atoms with E-state index in [0.717, 1.165) is 54.6 Å². The van der Waals surface area contributed by atoms with Gasteiger partial charge in [-0.3, -0.25) is 4.79 Å². The van der Waals surface area contributed by atoms with E-state index >= 15 is 0 Å². The van der Waals surface area contributed by atoms with Crippen LogP contribution in [0.4, 0.5) is 11.4 Å². The molecule has 5 nitrogen and oxygen atoms in total. The second-order valence-corrected chi connectivity index (χ2v) is 9.01. The van der Waals surface area contributed by atoms with E-state index in [1.54, 1.807) is 0 Å². The lowest BCUT2D eigenvalue weighted by atomic mass is 10.1. The number of aryl methyl sites for hydroxylation is 2. The monoisotopic (exact) mass is 420 g/mol. The Hall–Kier alpha value is -2.70. The van der Waals surface area contributed by atoms with Crippen LogP contribution >= 0.6 is 11.3 Å². The van der Waals surface area contributed by atoms with Crippen molar-refractivity contribution in [2.24, 2.45) is 0 Å². The van der Waals surface area contributed by atoms with Gasteiger partial charge in [-0.2, -0.15) is 0 Å². The Morgan fingerprint density at radius 2 is 1.80 bits per heavy atom. The summed E-state index contributed by atoms with van der Waals surface area (Å²) in [6.45, 7) is 8.18. The summed E-state index contributed by atoms with van der Waals surface area (Å²) in [5.41, 5.74) is 5.14. The van der Waals surface area contributed by atoms with Gasteiger partial charge in [0.1, 0.15) is 4.88 Å². The highest BCUT2D eigenvalue weighted by atomic mass is 32.1. The summed E-state index contributed by atoms with van der Waals surface area (Å²) >= 11 is 1.48. The molecule has 1 saturated heterocycles. The van der Waals surface area contributed by atoms with Gasteiger partial charge in [0.05, 0.1) is 10.7 Å². The molecule has 1 aromatic heterocycles. The molecule has 4 rings (SSSR count). The fraction of sp³-hybridized carbons (Fsp3) is 0.333. The molecule has 2 aromatic carbocycles. The van der Waals surface area contributed by atoms with E-state index in [9.17, 15) is 4.79 Å². The maximum Gasteiger partial charge on any atom is 0.267 e. The van der Waals surface area contributed by atoms with Crippen molar-refractivity contribution in [3.05, 3.63) is 75.2 Å². The van der Waals surface area contributed by atoms with Crippen LogP contribution in [0.2, 0.25) is 0 Å². The number of nitrogens with zero attached hydrogens (tertiary/aromatic N) is 3. The lowest BCUT2D eigenvalue weighted by molar-refractivity contribution is 0.102. The predicted octanol–water partition coefficient (Wildman–Crippen LogP) is 4.35. The normalized spacial score (nSPS) is 14.7. The molecule has 0 saturated carbocycles. The molecule has 1 aliphatic heterocycles. The zero-order valence-corrected chi connectivity index (χ0v) is 18.6. The maximum atomic E-state index is 12.9. The Morgan fingerprint density at radius 3 is 2.50 bits per heavy atom. The number of aromatic nitrogens is 1. The summed E-state index contributed by atoms with van der Waals surface area (Å²) in [5.74, 6) is -0.0836. The quantitative estimate of drug-likeness (QED) is 0.666. The molecule has 2 heterocycles. The molecule has 1 aliphatic rings. The SMILES string of the molecule is Cc1cc(N2CCN(C)CC2)ccc1NC(=O)c1sc(Cc2ccccc2)nc1C. The van der Waals surface area contributed by atoms with Gasteiger partial charge < -0.3 is 15.1 Å². The van der Waals surface area contributed by atoms with E-state index in [0.29, 0.717) is 4.88 Å². The summed E-state index contributed by atoms with van der Waals surface area (Å²) in [5, 5.41) is 4.05. The molecule has 0 aliphatic carbocycles. The number of benzene rings is 2. The van der Waals surface area contributed by atoms with Crippen molar-refractivity contribution in [2.75, 3.05) is 43.4 Å². The Bertz CT molecular complexity index is 1020. The van der Waals surface area contributed by atoms with Crippen molar-refractivity contribution in [3.8, 4) is 0 Å². The summed E-state index contributed by atoms with van der Waals surface area (Å²) in [7, 11) is 2.16. The van der Waals surface area contributed by atoms with Crippen LogP contribution < -0.4 is 10.2 Å². The number of hydrogen-bond donors (Lipinski definition) is 1. The van der Waals surface area contributed by atoms with Crippen LogP contribution in [0.3, 0.4) is 0 Å². The van der Waals surface area contributed by atoms with Gasteiger partial charge in [-0.05, 0) is 50.2 Å². The van der Waals surface area contributed by atoms with Crippen LogP contribution in [-0.2, 0) is 6.42 Å². The number of piperazine rings is 1. The van der Waals surface area contributed by atoms with Crippen molar-refractivity contribution >= 4 is 28.6 Å². The zero-order chi connectivity index (χ0) is 21.1. The number of amides is 1. The van der Waals surface area contributed by atoms with Crippen molar-refractivity contribution in [1.82, 2.24) is 9.88 Å². The van der Waals surface area contributed by atoms with E-state index in [4.69, 9.17) is 0 Å². The first-order chi connectivity index (χ1) is 14.5. The fourth-order valence-electron chi connectivity index (χ4n) is 3.74. The smallest absolute Gasteiger partial charge is 0.267 e. The van der Waals surface area contributed by atoms with Crippen molar-refractivity contribution in [2.45, 2.75) is 20.3 Å². The van der Waals surface area contributed by atoms with Crippen LogP contribution in [0.1, 0.15) is 31.5 Å². The molecular formula is C24H28N4OS. The topological polar surface area (TPSA) is 48.5 Å². The van der Waals surface area contributed by atoms with Crippen molar-refractivity contribution < 1.29 is 4.79 Å². The van der Waals surface area contributed by atoms with Gasteiger partial charge >= 0.3 is 0 Å². The van der Waals surface area contributed by atoms with Gasteiger partial charge in [0, 0.05) is 44.0 Å². The van der Waals surface area contributed by atoms with Crippen LogP contribution in [0, 0.1) is 13.8 Å². The average Bonchev–Trinajstić information content (AvgIpc) is 3.11. The molecule has 6 heteroatoms. The second-order valence-electron chi connectivity index (χ2n) is 7.93. The average molecular weight is 421 g/mol. The lowest BCUT2D eigenvalue weighted by Gasteiger charge is -2.34. The highest BCUT2D eigenvalue weighted by molar-refractivity contribution is 7.14. The van der Waals surface area contributed by atoms with Gasteiger partial charge in [-0.15, -0.1) is 11.3 Å². The zero-order valence-electron chi connectivity index (χ0n) is 17.8. The Balaban J connectivity index is 1.45. The number of nitrogens with one attached hydrogen (secondary N) is 1. The molecule has 0 radical (unpaired) electrons. The van der Waals surface area contributed by atoms with Gasteiger partial charge in [0.25, 0.3) is 5.91 Å². The van der Waals surface area contributed by atoms with Gasteiger partial charge in [0.2, 0.25) is 0 Å². The summed E-state index contributed by atoms with van der Waals surface area (Å²) in [4.78, 5) is 23.0. The lowest BCUT2D eigenvalue weighted by Crippen LogP contribution is -2.44. The van der Waals surface area contributed by atoms with E-state index in [1.165, 1.54) is 22.6 Å². The predicted molar refractivity (Wildman–Crippen MR) is 125 cm³/mol. The Kier molecular flexibility index (Phi) is 6.16. The minimum atomic E-state index is -0.0836. The first-order valence-corrected chi connectivity index (χ1v) is 11.2. The number of carbonyl (C=O) groups is 1. The molecule has 0 bridgehead atoms. The molecule has 156 valence electrons. The van der Waals surface area contributed by atoms with E-state index in [1.807, 2.05) is 31.2 Å². The first kappa shape index (κ1) is 20.6. The number of rotatable bonds is 5. The molecule has 1 fully saturated rings. The highest BCUT2D eigenvalue weighted by Gasteiger charge is 2.18. The van der Waals surface area contributed by atoms with Gasteiger partial charge in [-0.1, -0.05) is 30.3 Å². The van der Waals surface area contributed by atoms with E-state index < -0.39 is 0 Å². The van der Waals surface area contributed by atoms with Crippen LogP contribution in [0.5, 0.6) is 0 Å². The fourth-order valence-corrected chi connectivity index (χ4v) is 4.73. The molecule has 0 spiro atoms. The standard InChI is InChI=1S/C24H28N4OS/c1-17-15-20(28-13-11-27(3)12-14-28)9-10-21(17)26-24(29)23-18(2)25-22(30-23)16-19-7-5-4-6-8-19/h4-10,15H,11-14,16H2,1-3H3,(H,26,29). The minimum absolute atomic E-state index is 0.0836. The molecule has 1 amide bonds. The third kappa shape index (κ3) is 4.71. The summed E-state index contributed by atoms with van der Waals surface area (Å²) < 4.78 is 0. The second kappa shape index (κ2) is 8.98. The summed E-state index contributed by atoms with van der Waals surface area (Å²) in [6.07, 6.45) is 0.748. The molecule has 0 unspecified atom stereocenters. The number of likely N-dealkylation sites (N-methyl/N-ethyl adjacent to an activating group) is 1. The van der Waals surface area contributed by atoms with E-state index in [2.05, 4.69) is 58.3 Å². The number of carbonyl (C=O) groups excluding carboxylic acids is 1. The first-order valence-electron chi connectivity index (χ1n) is 10.4. The van der Waals surface area contributed by atoms with Crippen LogP contribution in [0.15, 0.2) is 48.5 Å². The van der Waals surface area contributed by atoms with E-state index in [-0.39, 0.29) is 5.91 Å². The molecule has 30 heavy (non-hydrogen) atoms. The van der Waals surface area contributed by atoms with Crippen molar-refractivity contribution in [1.29, 1.82) is 0 Å². The van der Waals surface area contributed by atoms with Crippen LogP contribution in [-0.4, -0.2) is 49.0 Å². The molecule has 1 N–H and O–H groups in total. The van der Waals surface area contributed by atoms with Crippen molar-refractivity contribution in [3.63, 3.8) is 0 Å². The van der Waals surface area contributed by atoms with Crippen LogP contribution in [0.25, 0.3) is 0 Å². The molecule has 0 atom stereocenters. The molecule has 3 aromatic rings. The molecular weight excluding hydrogens is 392 g/mol. The van der Waals surface area contributed by atoms with Gasteiger partial charge in [-0.25, -0.2) is 4.98 Å².